The molecular formula is C34H54FN7O6. The molecule has 48 heavy (non-hydrogen) atoms. The van der Waals surface area contributed by atoms with E-state index >= 15 is 4.39 Å². The molecular weight excluding hydrogens is 621 g/mol. The van der Waals surface area contributed by atoms with E-state index in [2.05, 4.69) is 30.7 Å². The lowest BCUT2D eigenvalue weighted by atomic mass is 9.69. The Morgan fingerprint density at radius 2 is 1.85 bits per heavy atom. The number of fused-ring (bicyclic) bond motifs is 4. The van der Waals surface area contributed by atoms with Gasteiger partial charge in [-0.1, -0.05) is 0 Å². The molecule has 0 aromatic carbocycles. The first-order valence-corrected chi connectivity index (χ1v) is 18.4. The maximum Gasteiger partial charge on any atom is 0.256 e. The topological polar surface area (TPSA) is 142 Å². The molecule has 13 nitrogen and oxygen atoms in total. The lowest BCUT2D eigenvalue weighted by molar-refractivity contribution is -0.529. The zero-order valence-corrected chi connectivity index (χ0v) is 28.4. The van der Waals surface area contributed by atoms with Gasteiger partial charge >= 0.3 is 0 Å². The van der Waals surface area contributed by atoms with Crippen molar-refractivity contribution < 1.29 is 28.4 Å². The number of hydrogen-bond donors (Lipinski definition) is 3. The average Bonchev–Trinajstić information content (AvgIpc) is 3.58. The molecule has 12 atom stereocenters. The second kappa shape index (κ2) is 14.6. The highest BCUT2D eigenvalue weighted by atomic mass is 19.1. The molecule has 0 aromatic rings. The van der Waals surface area contributed by atoms with Gasteiger partial charge in [-0.15, -0.1) is 0 Å². The van der Waals surface area contributed by atoms with Gasteiger partial charge in [-0.2, -0.15) is 0 Å². The summed E-state index contributed by atoms with van der Waals surface area (Å²) in [5.74, 6) is -1.38. The number of nitrogens with zero attached hydrogens (tertiary/aromatic N) is 4. The van der Waals surface area contributed by atoms with Gasteiger partial charge in [0.15, 0.2) is 5.78 Å². The van der Waals surface area contributed by atoms with Gasteiger partial charge in [0.25, 0.3) is 5.91 Å². The Balaban J connectivity index is 1.11. The van der Waals surface area contributed by atoms with Crippen molar-refractivity contribution >= 4 is 11.7 Å². The molecule has 3 aliphatic carbocycles. The number of ether oxygens (including phenoxy) is 2. The van der Waals surface area contributed by atoms with Crippen LogP contribution >= 0.6 is 0 Å². The molecule has 268 valence electrons. The molecule has 1 amide bonds. The summed E-state index contributed by atoms with van der Waals surface area (Å²) in [6.07, 6.45) is 6.40. The van der Waals surface area contributed by atoms with E-state index in [-0.39, 0.29) is 65.2 Å². The van der Waals surface area contributed by atoms with Gasteiger partial charge in [0.05, 0.1) is 48.1 Å². The van der Waals surface area contributed by atoms with Crippen LogP contribution in [0.25, 0.3) is 0 Å². The Hall–Kier alpha value is -2.23. The van der Waals surface area contributed by atoms with E-state index in [0.717, 1.165) is 51.9 Å². The second-order valence-corrected chi connectivity index (χ2v) is 15.5. The predicted octanol–water partition coefficient (Wildman–Crippen LogP) is 0.847. The van der Waals surface area contributed by atoms with E-state index in [1.54, 1.807) is 6.20 Å². The lowest BCUT2D eigenvalue weighted by Gasteiger charge is -2.61. The summed E-state index contributed by atoms with van der Waals surface area (Å²) in [6.45, 7) is 4.86. The number of Topliss-reactive ketones (excluding diaryl/α,β-unsaturated/α-hetero) is 1. The summed E-state index contributed by atoms with van der Waals surface area (Å²) >= 11 is 0. The van der Waals surface area contributed by atoms with E-state index in [0.29, 0.717) is 45.2 Å². The molecule has 4 heterocycles. The number of carbonyl (C=O) groups excluding carboxylic acids is 2. The third kappa shape index (κ3) is 6.89. The number of ketones is 1. The fourth-order valence-corrected chi connectivity index (χ4v) is 9.70. The molecule has 7 rings (SSSR count). The minimum Gasteiger partial charge on any atom is -0.371 e. The van der Waals surface area contributed by atoms with E-state index in [4.69, 9.17) is 9.47 Å². The molecule has 6 fully saturated rings. The number of carbonyl (C=O) groups is 2. The van der Waals surface area contributed by atoms with E-state index < -0.39 is 36.2 Å². The van der Waals surface area contributed by atoms with Crippen LogP contribution in [0.4, 0.5) is 4.39 Å². The Kier molecular flexibility index (Phi) is 10.4. The molecule has 4 aliphatic heterocycles. The summed E-state index contributed by atoms with van der Waals surface area (Å²) in [5, 5.41) is 21.8. The molecule has 14 heteroatoms. The number of morpholine rings is 2. The minimum absolute atomic E-state index is 0.0120. The number of nitro groups is 1. The van der Waals surface area contributed by atoms with Gasteiger partial charge in [0.1, 0.15) is 6.17 Å². The third-order valence-corrected chi connectivity index (χ3v) is 12.2. The van der Waals surface area contributed by atoms with Crippen LogP contribution in [0.15, 0.2) is 11.8 Å². The van der Waals surface area contributed by atoms with Crippen molar-refractivity contribution in [3.8, 4) is 0 Å². The van der Waals surface area contributed by atoms with Gasteiger partial charge in [0, 0.05) is 55.1 Å². The number of nitrogens with one attached hydrogen (secondary N) is 3. The number of hydrogen-bond acceptors (Lipinski definition) is 11. The molecule has 3 saturated heterocycles. The predicted molar refractivity (Wildman–Crippen MR) is 176 cm³/mol. The van der Waals surface area contributed by atoms with Crippen LogP contribution in [-0.4, -0.2) is 152 Å². The van der Waals surface area contributed by atoms with Crippen molar-refractivity contribution in [2.24, 2.45) is 5.92 Å². The zero-order valence-electron chi connectivity index (χ0n) is 28.4. The molecule has 0 spiro atoms. The molecule has 7 aliphatic rings. The summed E-state index contributed by atoms with van der Waals surface area (Å²) in [7, 11) is 4.09. The maximum absolute atomic E-state index is 16.2. The summed E-state index contributed by atoms with van der Waals surface area (Å²) in [5.41, 5.74) is 0.102. The average molecular weight is 676 g/mol. The number of alkyl halides is 1. The van der Waals surface area contributed by atoms with Crippen molar-refractivity contribution in [2.75, 3.05) is 53.4 Å². The first-order chi connectivity index (χ1) is 23.2. The fraction of sp³-hybridized carbons (Fsp3) is 0.882. The van der Waals surface area contributed by atoms with E-state index in [9.17, 15) is 19.7 Å². The van der Waals surface area contributed by atoms with Crippen molar-refractivity contribution in [3.63, 3.8) is 0 Å². The van der Waals surface area contributed by atoms with Gasteiger partial charge in [-0.25, -0.2) is 4.39 Å². The maximum atomic E-state index is 16.2. The first-order valence-electron chi connectivity index (χ1n) is 18.4. The third-order valence-electron chi connectivity index (χ3n) is 12.2. The standard InChI is InChI=1S/C34H54FN7O6/c1-39(2)11-4-3-9-36-30-23(35)16-21-31-33(30)48-29-17-25-28(47-27-15-20(42(45)46)7-8-24(27)38-25)18-26(29)41(31)19-22(32(21)43)34(44)37-10-14-40-12-5-6-13-40/h19-21,23-31,33,36,38H,3-18H2,1-2H3,(H,37,44). The molecule has 3 saturated carbocycles. The van der Waals surface area contributed by atoms with Crippen molar-refractivity contribution in [3.05, 3.63) is 21.9 Å². The summed E-state index contributed by atoms with van der Waals surface area (Å²) in [4.78, 5) is 45.6. The van der Waals surface area contributed by atoms with Crippen LogP contribution in [0.3, 0.4) is 0 Å². The van der Waals surface area contributed by atoms with Crippen LogP contribution in [0.2, 0.25) is 0 Å². The largest absolute Gasteiger partial charge is 0.371 e. The Labute approximate surface area is 282 Å². The molecule has 0 aromatic heterocycles. The van der Waals surface area contributed by atoms with Gasteiger partial charge in [-0.3, -0.25) is 19.7 Å². The Morgan fingerprint density at radius 3 is 2.62 bits per heavy atom. The molecule has 0 radical (unpaired) electrons. The number of likely N-dealkylation sites (tertiary alicyclic amines) is 1. The van der Waals surface area contributed by atoms with E-state index in [1.807, 2.05) is 14.1 Å². The van der Waals surface area contributed by atoms with Crippen LogP contribution in [0, 0.1) is 16.0 Å². The Bertz CT molecular complexity index is 1230. The fourth-order valence-electron chi connectivity index (χ4n) is 9.70. The van der Waals surface area contributed by atoms with Crippen LogP contribution < -0.4 is 16.0 Å². The Morgan fingerprint density at radius 1 is 1.06 bits per heavy atom. The van der Waals surface area contributed by atoms with Crippen molar-refractivity contribution in [1.29, 1.82) is 0 Å². The molecule has 0 bridgehead atoms. The zero-order chi connectivity index (χ0) is 33.5. The number of rotatable bonds is 11. The number of halogens is 1. The highest BCUT2D eigenvalue weighted by Gasteiger charge is 2.60. The lowest BCUT2D eigenvalue weighted by Crippen LogP contribution is -2.75. The van der Waals surface area contributed by atoms with Crippen LogP contribution in [-0.2, 0) is 19.1 Å². The summed E-state index contributed by atoms with van der Waals surface area (Å²) < 4.78 is 29.7. The molecule has 12 unspecified atom stereocenters. The van der Waals surface area contributed by atoms with Gasteiger partial charge in [-0.05, 0) is 91.6 Å². The van der Waals surface area contributed by atoms with E-state index in [1.165, 1.54) is 0 Å². The van der Waals surface area contributed by atoms with Crippen molar-refractivity contribution in [2.45, 2.75) is 131 Å². The normalized spacial score (nSPS) is 40.8. The summed E-state index contributed by atoms with van der Waals surface area (Å²) in [6, 6.07) is -1.63. The second-order valence-electron chi connectivity index (χ2n) is 15.5. The van der Waals surface area contributed by atoms with Crippen molar-refractivity contribution in [1.82, 2.24) is 30.7 Å². The highest BCUT2D eigenvalue weighted by molar-refractivity contribution is 6.20. The quantitative estimate of drug-likeness (QED) is 0.124. The highest BCUT2D eigenvalue weighted by Crippen LogP contribution is 2.47. The number of amides is 1. The molecule has 3 N–H and O–H groups in total. The SMILES string of the molecule is CN(C)CCCCNC1C(F)CC2C(=O)C(C(=O)NCCN3CCCC3)=CN3C4CC5OC6CC([N+](=O)[O-])CCC6NC5CC4OC1C23. The smallest absolute Gasteiger partial charge is 0.256 e. The number of unbranched alkanes of at least 4 members (excludes halogenated alkanes) is 1. The van der Waals surface area contributed by atoms with Gasteiger partial charge in [0.2, 0.25) is 6.04 Å². The van der Waals surface area contributed by atoms with Gasteiger partial charge < -0.3 is 40.1 Å². The monoisotopic (exact) mass is 675 g/mol. The van der Waals surface area contributed by atoms with Crippen LogP contribution in [0.1, 0.15) is 64.2 Å². The van der Waals surface area contributed by atoms with Crippen LogP contribution in [0.5, 0.6) is 0 Å². The first kappa shape index (κ1) is 34.2. The minimum atomic E-state index is -1.28.